The van der Waals surface area contributed by atoms with Gasteiger partial charge in [-0.1, -0.05) is 18.2 Å². The van der Waals surface area contributed by atoms with Crippen LogP contribution in [0, 0.1) is 0 Å². The zero-order chi connectivity index (χ0) is 16.8. The number of para-hydroxylation sites is 1. The summed E-state index contributed by atoms with van der Waals surface area (Å²) in [5.74, 6) is 1.90. The van der Waals surface area contributed by atoms with Crippen molar-refractivity contribution in [3.8, 4) is 5.75 Å². The van der Waals surface area contributed by atoms with Crippen LogP contribution in [0.4, 0.5) is 0 Å². The van der Waals surface area contributed by atoms with Crippen LogP contribution in [0.15, 0.2) is 42.7 Å². The Morgan fingerprint density at radius 1 is 1.21 bits per heavy atom. The van der Waals surface area contributed by atoms with Crippen LogP contribution in [0.2, 0.25) is 0 Å². The first-order valence-corrected chi connectivity index (χ1v) is 8.65. The van der Waals surface area contributed by atoms with Crippen LogP contribution in [0.1, 0.15) is 24.7 Å². The van der Waals surface area contributed by atoms with Crippen molar-refractivity contribution < 1.29 is 4.74 Å². The van der Waals surface area contributed by atoms with Gasteiger partial charge in [0.25, 0.3) is 0 Å². The third-order valence-electron chi connectivity index (χ3n) is 4.55. The van der Waals surface area contributed by atoms with Gasteiger partial charge in [-0.25, -0.2) is 9.97 Å². The van der Waals surface area contributed by atoms with Crippen LogP contribution >= 0.6 is 0 Å². The van der Waals surface area contributed by atoms with Crippen LogP contribution in [0.5, 0.6) is 5.75 Å². The maximum Gasteiger partial charge on any atom is 0.142 e. The number of aromatic nitrogens is 2. The summed E-state index contributed by atoms with van der Waals surface area (Å²) in [4.78, 5) is 13.5. The molecule has 0 amide bonds. The van der Waals surface area contributed by atoms with E-state index in [9.17, 15) is 0 Å². The van der Waals surface area contributed by atoms with Crippen molar-refractivity contribution in [2.45, 2.75) is 32.5 Å². The number of ether oxygens (including phenoxy) is 1. The summed E-state index contributed by atoms with van der Waals surface area (Å²) < 4.78 is 5.75. The second-order valence-corrected chi connectivity index (χ2v) is 6.30. The molecular weight excluding hydrogens is 300 g/mol. The van der Waals surface area contributed by atoms with Gasteiger partial charge >= 0.3 is 0 Å². The van der Waals surface area contributed by atoms with Gasteiger partial charge in [-0.15, -0.1) is 0 Å². The Morgan fingerprint density at radius 2 is 2.00 bits per heavy atom. The van der Waals surface area contributed by atoms with E-state index in [0.717, 1.165) is 37.8 Å². The largest absolute Gasteiger partial charge is 0.494 e. The number of likely N-dealkylation sites (tertiary alicyclic amines) is 1. The minimum Gasteiger partial charge on any atom is -0.494 e. The van der Waals surface area contributed by atoms with Gasteiger partial charge in [0.05, 0.1) is 13.2 Å². The average molecular weight is 326 g/mol. The molecular formula is C19H26N4O. The fourth-order valence-corrected chi connectivity index (χ4v) is 3.25. The van der Waals surface area contributed by atoms with Crippen molar-refractivity contribution >= 4 is 0 Å². The summed E-state index contributed by atoms with van der Waals surface area (Å²) in [6.07, 6.45) is 4.80. The lowest BCUT2D eigenvalue weighted by Crippen LogP contribution is -2.34. The first-order chi connectivity index (χ1) is 11.8. The van der Waals surface area contributed by atoms with Gasteiger partial charge in [0, 0.05) is 43.6 Å². The highest BCUT2D eigenvalue weighted by Crippen LogP contribution is 2.23. The van der Waals surface area contributed by atoms with Crippen LogP contribution in [0.3, 0.4) is 0 Å². The van der Waals surface area contributed by atoms with E-state index >= 15 is 0 Å². The summed E-state index contributed by atoms with van der Waals surface area (Å²) in [7, 11) is 2.17. The van der Waals surface area contributed by atoms with Crippen LogP contribution in [-0.4, -0.2) is 52.6 Å². The maximum absolute atomic E-state index is 5.75. The Labute approximate surface area is 144 Å². The Bertz CT molecular complexity index is 634. The Morgan fingerprint density at radius 3 is 2.79 bits per heavy atom. The molecule has 1 aromatic heterocycles. The van der Waals surface area contributed by atoms with Gasteiger partial charge in [-0.3, -0.25) is 9.80 Å². The van der Waals surface area contributed by atoms with Crippen molar-refractivity contribution in [2.24, 2.45) is 0 Å². The number of benzene rings is 1. The predicted octanol–water partition coefficient (Wildman–Crippen LogP) is 2.58. The second-order valence-electron chi connectivity index (χ2n) is 6.30. The van der Waals surface area contributed by atoms with E-state index in [2.05, 4.69) is 45.0 Å². The lowest BCUT2D eigenvalue weighted by Gasteiger charge is -2.24. The molecule has 1 saturated heterocycles. The lowest BCUT2D eigenvalue weighted by molar-refractivity contribution is 0.217. The highest BCUT2D eigenvalue weighted by atomic mass is 16.5. The fraction of sp³-hybridized carbons (Fsp3) is 0.474. The van der Waals surface area contributed by atoms with E-state index in [1.165, 1.54) is 12.0 Å². The van der Waals surface area contributed by atoms with Crippen LogP contribution in [0.25, 0.3) is 0 Å². The molecule has 1 fully saturated rings. The third-order valence-corrected chi connectivity index (χ3v) is 4.55. The molecule has 1 unspecified atom stereocenters. The molecule has 2 heterocycles. The van der Waals surface area contributed by atoms with Gasteiger partial charge in [0.2, 0.25) is 0 Å². The molecule has 1 atom stereocenters. The van der Waals surface area contributed by atoms with E-state index in [1.54, 1.807) is 0 Å². The number of nitrogens with zero attached hydrogens (tertiary/aromatic N) is 4. The quantitative estimate of drug-likeness (QED) is 0.782. The minimum atomic E-state index is 0.549. The molecule has 1 aliphatic rings. The first kappa shape index (κ1) is 16.9. The van der Waals surface area contributed by atoms with Crippen LogP contribution in [-0.2, 0) is 13.1 Å². The van der Waals surface area contributed by atoms with Crippen molar-refractivity contribution in [3.63, 3.8) is 0 Å². The van der Waals surface area contributed by atoms with Gasteiger partial charge in [0.1, 0.15) is 11.6 Å². The van der Waals surface area contributed by atoms with Gasteiger partial charge in [-0.2, -0.15) is 0 Å². The molecule has 0 N–H and O–H groups in total. The molecule has 0 radical (unpaired) electrons. The number of hydrogen-bond donors (Lipinski definition) is 0. The average Bonchev–Trinajstić information content (AvgIpc) is 3.06. The zero-order valence-corrected chi connectivity index (χ0v) is 14.6. The second kappa shape index (κ2) is 8.22. The van der Waals surface area contributed by atoms with E-state index in [0.29, 0.717) is 12.6 Å². The number of likely N-dealkylation sites (N-methyl/N-ethyl adjacent to an activating group) is 1. The molecule has 0 aliphatic carbocycles. The standard InChI is InChI=1S/C19H26N4O/c1-3-24-18-8-5-4-7-16(18)13-23-12-9-17(14-23)22(2)15-19-20-10-6-11-21-19/h4-8,10-11,17H,3,9,12-15H2,1-2H3. The van der Waals surface area contributed by atoms with E-state index in [4.69, 9.17) is 4.74 Å². The molecule has 0 spiro atoms. The van der Waals surface area contributed by atoms with Crippen LogP contribution < -0.4 is 4.74 Å². The Hall–Kier alpha value is -1.98. The van der Waals surface area contributed by atoms with Gasteiger partial charge in [-0.05, 0) is 32.5 Å². The number of rotatable bonds is 7. The highest BCUT2D eigenvalue weighted by Gasteiger charge is 2.26. The van der Waals surface area contributed by atoms with Gasteiger partial charge in [0.15, 0.2) is 0 Å². The van der Waals surface area contributed by atoms with Gasteiger partial charge < -0.3 is 4.74 Å². The van der Waals surface area contributed by atoms with Crippen molar-refractivity contribution in [1.29, 1.82) is 0 Å². The molecule has 1 aliphatic heterocycles. The summed E-state index contributed by atoms with van der Waals surface area (Å²) in [6.45, 7) is 6.68. The zero-order valence-electron chi connectivity index (χ0n) is 14.6. The van der Waals surface area contributed by atoms with E-state index < -0.39 is 0 Å². The predicted molar refractivity (Wildman–Crippen MR) is 94.8 cm³/mol. The smallest absolute Gasteiger partial charge is 0.142 e. The SMILES string of the molecule is CCOc1ccccc1CN1CCC(N(C)Cc2ncccn2)C1. The third kappa shape index (κ3) is 4.30. The molecule has 0 bridgehead atoms. The molecule has 128 valence electrons. The lowest BCUT2D eigenvalue weighted by atomic mass is 10.2. The molecule has 5 nitrogen and oxygen atoms in total. The fourth-order valence-electron chi connectivity index (χ4n) is 3.25. The molecule has 0 saturated carbocycles. The van der Waals surface area contributed by atoms with E-state index in [1.807, 2.05) is 31.5 Å². The summed E-state index contributed by atoms with van der Waals surface area (Å²) in [6, 6.07) is 10.8. The Kier molecular flexibility index (Phi) is 5.77. The maximum atomic E-state index is 5.75. The number of hydrogen-bond acceptors (Lipinski definition) is 5. The molecule has 1 aromatic carbocycles. The highest BCUT2D eigenvalue weighted by molar-refractivity contribution is 5.33. The molecule has 2 aromatic rings. The first-order valence-electron chi connectivity index (χ1n) is 8.65. The molecule has 5 heteroatoms. The normalized spacial score (nSPS) is 18.2. The molecule has 3 rings (SSSR count). The topological polar surface area (TPSA) is 41.5 Å². The summed E-state index contributed by atoms with van der Waals surface area (Å²) >= 11 is 0. The van der Waals surface area contributed by atoms with E-state index in [-0.39, 0.29) is 0 Å². The van der Waals surface area contributed by atoms with Crippen molar-refractivity contribution in [1.82, 2.24) is 19.8 Å². The Balaban J connectivity index is 1.55. The van der Waals surface area contributed by atoms with Crippen molar-refractivity contribution in [3.05, 3.63) is 54.1 Å². The monoisotopic (exact) mass is 326 g/mol. The molecule has 24 heavy (non-hydrogen) atoms. The summed E-state index contributed by atoms with van der Waals surface area (Å²) in [5, 5.41) is 0. The summed E-state index contributed by atoms with van der Waals surface area (Å²) in [5.41, 5.74) is 1.27. The minimum absolute atomic E-state index is 0.549. The van der Waals surface area contributed by atoms with Crippen molar-refractivity contribution in [2.75, 3.05) is 26.7 Å².